The van der Waals surface area contributed by atoms with E-state index in [1.807, 2.05) is 0 Å². The number of carbonyl (C=O) groups excluding carboxylic acids is 1. The molecule has 3 N–H and O–H groups in total. The minimum Gasteiger partial charge on any atom is -0.399 e. The second-order valence-electron chi connectivity index (χ2n) is 4.98. The number of ether oxygens (including phenoxy) is 1. The third-order valence-electron chi connectivity index (χ3n) is 3.48. The maximum Gasteiger partial charge on any atom is 0.225 e. The number of amides is 1. The van der Waals surface area contributed by atoms with Gasteiger partial charge in [-0.15, -0.1) is 0 Å². The zero-order valence-electron chi connectivity index (χ0n) is 11.6. The Kier molecular flexibility index (Phi) is 4.92. The molecule has 1 unspecified atom stereocenters. The van der Waals surface area contributed by atoms with Gasteiger partial charge in [0.1, 0.15) is 5.82 Å². The van der Waals surface area contributed by atoms with Crippen molar-refractivity contribution in [2.45, 2.75) is 18.9 Å². The van der Waals surface area contributed by atoms with Crippen molar-refractivity contribution in [2.75, 3.05) is 37.8 Å². The van der Waals surface area contributed by atoms with Gasteiger partial charge < -0.3 is 20.7 Å². The van der Waals surface area contributed by atoms with E-state index >= 15 is 0 Å². The molecular formula is C14H20FN3O2. The van der Waals surface area contributed by atoms with E-state index in [0.29, 0.717) is 18.7 Å². The Hall–Kier alpha value is -1.66. The predicted molar refractivity (Wildman–Crippen MR) is 75.9 cm³/mol. The van der Waals surface area contributed by atoms with Gasteiger partial charge in [0.15, 0.2) is 0 Å². The average Bonchev–Trinajstić information content (AvgIpc) is 2.89. The summed E-state index contributed by atoms with van der Waals surface area (Å²) in [5, 5.41) is 2.55. The van der Waals surface area contributed by atoms with E-state index in [0.717, 1.165) is 19.5 Å². The minimum absolute atomic E-state index is 0.131. The first kappa shape index (κ1) is 14.7. The summed E-state index contributed by atoms with van der Waals surface area (Å²) < 4.78 is 18.7. The standard InChI is InChI=1S/C14H20FN3O2/c1-20-11-4-6-18(9-11)7-5-14(19)17-13-8-10(16)2-3-12(13)15/h2-3,8,11H,4-7,9,16H2,1H3,(H,17,19). The summed E-state index contributed by atoms with van der Waals surface area (Å²) in [6.45, 7) is 2.42. The van der Waals surface area contributed by atoms with Crippen LogP contribution < -0.4 is 11.1 Å². The Morgan fingerprint density at radius 3 is 3.10 bits per heavy atom. The molecular weight excluding hydrogens is 261 g/mol. The van der Waals surface area contributed by atoms with Crippen LogP contribution in [0, 0.1) is 5.82 Å². The Morgan fingerprint density at radius 2 is 2.40 bits per heavy atom. The SMILES string of the molecule is COC1CCN(CCC(=O)Nc2cc(N)ccc2F)C1. The van der Waals surface area contributed by atoms with Crippen LogP contribution in [0.1, 0.15) is 12.8 Å². The zero-order chi connectivity index (χ0) is 14.5. The molecule has 6 heteroatoms. The van der Waals surface area contributed by atoms with Crippen LogP contribution in [0.4, 0.5) is 15.8 Å². The summed E-state index contributed by atoms with van der Waals surface area (Å²) in [5.74, 6) is -0.691. The number of hydrogen-bond donors (Lipinski definition) is 2. The molecule has 20 heavy (non-hydrogen) atoms. The van der Waals surface area contributed by atoms with Gasteiger partial charge in [-0.25, -0.2) is 4.39 Å². The summed E-state index contributed by atoms with van der Waals surface area (Å²) in [6.07, 6.45) is 1.57. The maximum atomic E-state index is 13.5. The molecule has 1 fully saturated rings. The van der Waals surface area contributed by atoms with Crippen LogP contribution in [0.3, 0.4) is 0 Å². The highest BCUT2D eigenvalue weighted by molar-refractivity contribution is 5.91. The molecule has 1 aliphatic heterocycles. The number of nitrogen functional groups attached to an aromatic ring is 1. The van der Waals surface area contributed by atoms with Crippen LogP contribution in [0.25, 0.3) is 0 Å². The topological polar surface area (TPSA) is 67.6 Å². The lowest BCUT2D eigenvalue weighted by Crippen LogP contribution is -2.27. The molecule has 110 valence electrons. The molecule has 2 rings (SSSR count). The van der Waals surface area contributed by atoms with Gasteiger partial charge in [-0.05, 0) is 24.6 Å². The Bertz CT molecular complexity index is 481. The smallest absolute Gasteiger partial charge is 0.225 e. The average molecular weight is 281 g/mol. The first-order valence-corrected chi connectivity index (χ1v) is 6.68. The minimum atomic E-state index is -0.479. The van der Waals surface area contributed by atoms with Crippen molar-refractivity contribution >= 4 is 17.3 Å². The van der Waals surface area contributed by atoms with Crippen LogP contribution in [0.5, 0.6) is 0 Å². The summed E-state index contributed by atoms with van der Waals surface area (Å²) in [6, 6.07) is 4.12. The number of methoxy groups -OCH3 is 1. The Labute approximate surface area is 117 Å². The first-order chi connectivity index (χ1) is 9.58. The van der Waals surface area contributed by atoms with Crippen molar-refractivity contribution in [1.29, 1.82) is 0 Å². The van der Waals surface area contributed by atoms with E-state index in [9.17, 15) is 9.18 Å². The van der Waals surface area contributed by atoms with Gasteiger partial charge in [-0.2, -0.15) is 0 Å². The number of likely N-dealkylation sites (tertiary alicyclic amines) is 1. The molecule has 1 aromatic rings. The molecule has 1 aliphatic rings. The van der Waals surface area contributed by atoms with Crippen molar-refractivity contribution in [2.24, 2.45) is 0 Å². The second-order valence-corrected chi connectivity index (χ2v) is 4.98. The second kappa shape index (κ2) is 6.67. The van der Waals surface area contributed by atoms with Gasteiger partial charge in [-0.3, -0.25) is 4.79 Å². The highest BCUT2D eigenvalue weighted by Gasteiger charge is 2.22. The maximum absolute atomic E-state index is 13.5. The molecule has 0 radical (unpaired) electrons. The molecule has 1 heterocycles. The van der Waals surface area contributed by atoms with E-state index < -0.39 is 5.82 Å². The third kappa shape index (κ3) is 3.91. The number of hydrogen-bond acceptors (Lipinski definition) is 4. The highest BCUT2D eigenvalue weighted by atomic mass is 19.1. The lowest BCUT2D eigenvalue weighted by atomic mass is 10.2. The Morgan fingerprint density at radius 1 is 1.60 bits per heavy atom. The number of halogens is 1. The van der Waals surface area contributed by atoms with Crippen molar-refractivity contribution < 1.29 is 13.9 Å². The van der Waals surface area contributed by atoms with Gasteiger partial charge in [0.05, 0.1) is 11.8 Å². The lowest BCUT2D eigenvalue weighted by molar-refractivity contribution is -0.116. The molecule has 1 aromatic carbocycles. The summed E-state index contributed by atoms with van der Waals surface area (Å²) in [4.78, 5) is 14.0. The quantitative estimate of drug-likeness (QED) is 0.802. The molecule has 0 aliphatic carbocycles. The lowest BCUT2D eigenvalue weighted by Gasteiger charge is -2.15. The number of carbonyl (C=O) groups is 1. The fourth-order valence-corrected chi connectivity index (χ4v) is 2.30. The van der Waals surface area contributed by atoms with E-state index in [1.54, 1.807) is 7.11 Å². The Balaban J connectivity index is 1.79. The van der Waals surface area contributed by atoms with Crippen molar-refractivity contribution in [3.63, 3.8) is 0 Å². The predicted octanol–water partition coefficient (Wildman–Crippen LogP) is 1.46. The summed E-state index contributed by atoms with van der Waals surface area (Å²) >= 11 is 0. The molecule has 1 saturated heterocycles. The molecule has 5 nitrogen and oxygen atoms in total. The number of nitrogens with zero attached hydrogens (tertiary/aromatic N) is 1. The summed E-state index contributed by atoms with van der Waals surface area (Å²) in [7, 11) is 1.70. The van der Waals surface area contributed by atoms with Crippen LogP contribution in [0.15, 0.2) is 18.2 Å². The molecule has 0 spiro atoms. The largest absolute Gasteiger partial charge is 0.399 e. The third-order valence-corrected chi connectivity index (χ3v) is 3.48. The van der Waals surface area contributed by atoms with Crippen LogP contribution in [-0.2, 0) is 9.53 Å². The number of rotatable bonds is 5. The van der Waals surface area contributed by atoms with Crippen LogP contribution >= 0.6 is 0 Å². The van der Waals surface area contributed by atoms with Crippen molar-refractivity contribution in [1.82, 2.24) is 4.90 Å². The number of nitrogens with one attached hydrogen (secondary N) is 1. The van der Waals surface area contributed by atoms with E-state index in [4.69, 9.17) is 10.5 Å². The van der Waals surface area contributed by atoms with E-state index in [-0.39, 0.29) is 17.7 Å². The number of anilines is 2. The fraction of sp³-hybridized carbons (Fsp3) is 0.500. The highest BCUT2D eigenvalue weighted by Crippen LogP contribution is 2.18. The van der Waals surface area contributed by atoms with Gasteiger partial charge >= 0.3 is 0 Å². The van der Waals surface area contributed by atoms with Gasteiger partial charge in [0, 0.05) is 38.9 Å². The fourth-order valence-electron chi connectivity index (χ4n) is 2.30. The molecule has 1 amide bonds. The van der Waals surface area contributed by atoms with Gasteiger partial charge in [0.25, 0.3) is 0 Å². The van der Waals surface area contributed by atoms with E-state index in [2.05, 4.69) is 10.2 Å². The number of benzene rings is 1. The molecule has 0 aromatic heterocycles. The first-order valence-electron chi connectivity index (χ1n) is 6.68. The van der Waals surface area contributed by atoms with Crippen LogP contribution in [-0.4, -0.2) is 43.7 Å². The molecule has 1 atom stereocenters. The van der Waals surface area contributed by atoms with Gasteiger partial charge in [-0.1, -0.05) is 0 Å². The monoisotopic (exact) mass is 281 g/mol. The van der Waals surface area contributed by atoms with Crippen LogP contribution in [0.2, 0.25) is 0 Å². The zero-order valence-corrected chi connectivity index (χ0v) is 11.6. The normalized spacial score (nSPS) is 19.2. The molecule has 0 bridgehead atoms. The van der Waals surface area contributed by atoms with Crippen molar-refractivity contribution in [3.8, 4) is 0 Å². The van der Waals surface area contributed by atoms with Crippen molar-refractivity contribution in [3.05, 3.63) is 24.0 Å². The molecule has 0 saturated carbocycles. The van der Waals surface area contributed by atoms with Gasteiger partial charge in [0.2, 0.25) is 5.91 Å². The summed E-state index contributed by atoms with van der Waals surface area (Å²) in [5.41, 5.74) is 6.12. The van der Waals surface area contributed by atoms with E-state index in [1.165, 1.54) is 18.2 Å². The number of nitrogens with two attached hydrogens (primary N) is 1.